The summed E-state index contributed by atoms with van der Waals surface area (Å²) >= 11 is 0. The van der Waals surface area contributed by atoms with Crippen LogP contribution in [0.4, 0.5) is 0 Å². The van der Waals surface area contributed by atoms with Gasteiger partial charge in [0.2, 0.25) is 0 Å². The standard InChI is InChI=1S/C46H31N3/c1-45(2)37-16-6-8-18-39(37)46(40-19-9-7-17-38(40)45)36-15-5-3-13-32(36)34-26-35-33-14-4-10-21-43(33)49(44(35)27-41(34)46)31-24-29(28-47)23-30(25-31)42-20-11-12-22-48-42/h3-27H,1-2H3. The number of benzene rings is 6. The van der Waals surface area contributed by atoms with Gasteiger partial charge in [0.25, 0.3) is 0 Å². The molecule has 10 rings (SSSR count). The minimum Gasteiger partial charge on any atom is -0.309 e. The molecule has 2 aromatic heterocycles. The zero-order valence-electron chi connectivity index (χ0n) is 27.3. The molecule has 0 saturated carbocycles. The molecule has 230 valence electrons. The van der Waals surface area contributed by atoms with Crippen molar-refractivity contribution >= 4 is 21.8 Å². The number of rotatable bonds is 2. The second-order valence-electron chi connectivity index (χ2n) is 13.9. The van der Waals surface area contributed by atoms with E-state index in [2.05, 4.69) is 145 Å². The molecule has 0 atom stereocenters. The van der Waals surface area contributed by atoms with Gasteiger partial charge in [-0.3, -0.25) is 4.98 Å². The number of aromatic nitrogens is 2. The van der Waals surface area contributed by atoms with Gasteiger partial charge in [0.15, 0.2) is 0 Å². The van der Waals surface area contributed by atoms with E-state index in [0.29, 0.717) is 5.56 Å². The second-order valence-corrected chi connectivity index (χ2v) is 13.9. The molecule has 0 radical (unpaired) electrons. The Morgan fingerprint density at radius 3 is 1.92 bits per heavy atom. The van der Waals surface area contributed by atoms with Crippen LogP contribution < -0.4 is 0 Å². The normalized spacial score (nSPS) is 14.6. The number of para-hydroxylation sites is 1. The summed E-state index contributed by atoms with van der Waals surface area (Å²) in [5, 5.41) is 12.6. The highest BCUT2D eigenvalue weighted by Crippen LogP contribution is 2.62. The van der Waals surface area contributed by atoms with Crippen molar-refractivity contribution in [1.82, 2.24) is 9.55 Å². The summed E-state index contributed by atoms with van der Waals surface area (Å²) in [4.78, 5) is 4.63. The molecule has 6 aromatic carbocycles. The van der Waals surface area contributed by atoms with Crippen LogP contribution >= 0.6 is 0 Å². The van der Waals surface area contributed by atoms with E-state index in [0.717, 1.165) is 28.0 Å². The van der Waals surface area contributed by atoms with Crippen LogP contribution in [0.15, 0.2) is 152 Å². The van der Waals surface area contributed by atoms with Crippen molar-refractivity contribution in [3.8, 4) is 34.1 Å². The molecule has 1 spiro atoms. The molecule has 3 nitrogen and oxygen atoms in total. The molecule has 0 N–H and O–H groups in total. The fraction of sp³-hybridized carbons (Fsp3) is 0.0870. The van der Waals surface area contributed by atoms with Crippen molar-refractivity contribution in [1.29, 1.82) is 5.26 Å². The Morgan fingerprint density at radius 2 is 1.20 bits per heavy atom. The maximum Gasteiger partial charge on any atom is 0.0992 e. The summed E-state index contributed by atoms with van der Waals surface area (Å²) in [6.07, 6.45) is 1.80. The predicted octanol–water partition coefficient (Wildman–Crippen LogP) is 10.7. The molecule has 2 aliphatic carbocycles. The van der Waals surface area contributed by atoms with Crippen molar-refractivity contribution < 1.29 is 0 Å². The van der Waals surface area contributed by atoms with E-state index in [9.17, 15) is 5.26 Å². The van der Waals surface area contributed by atoms with Gasteiger partial charge in [-0.25, -0.2) is 0 Å². The molecule has 0 aliphatic heterocycles. The van der Waals surface area contributed by atoms with Crippen molar-refractivity contribution in [2.45, 2.75) is 24.7 Å². The monoisotopic (exact) mass is 625 g/mol. The molecular weight excluding hydrogens is 595 g/mol. The molecule has 0 amide bonds. The Bertz CT molecular complexity index is 2660. The summed E-state index contributed by atoms with van der Waals surface area (Å²) in [7, 11) is 0. The molecule has 0 fully saturated rings. The Balaban J connectivity index is 1.36. The highest BCUT2D eigenvalue weighted by atomic mass is 15.0. The lowest BCUT2D eigenvalue weighted by Gasteiger charge is -2.46. The summed E-state index contributed by atoms with van der Waals surface area (Å²) < 4.78 is 2.35. The Morgan fingerprint density at radius 1 is 0.551 bits per heavy atom. The zero-order chi connectivity index (χ0) is 32.9. The smallest absolute Gasteiger partial charge is 0.0992 e. The molecular formula is C46H31N3. The van der Waals surface area contributed by atoms with Crippen molar-refractivity contribution in [2.24, 2.45) is 0 Å². The summed E-state index contributed by atoms with van der Waals surface area (Å²) in [6.45, 7) is 4.73. The van der Waals surface area contributed by atoms with Crippen LogP contribution in [0.25, 0.3) is 49.9 Å². The Kier molecular flexibility index (Phi) is 5.62. The van der Waals surface area contributed by atoms with Gasteiger partial charge in [-0.1, -0.05) is 111 Å². The first-order chi connectivity index (χ1) is 24.0. The van der Waals surface area contributed by atoms with Crippen LogP contribution in [0, 0.1) is 11.3 Å². The van der Waals surface area contributed by atoms with Gasteiger partial charge in [0.1, 0.15) is 0 Å². The van der Waals surface area contributed by atoms with Crippen LogP contribution in [-0.2, 0) is 10.8 Å². The topological polar surface area (TPSA) is 41.6 Å². The maximum atomic E-state index is 10.2. The second kappa shape index (κ2) is 9.89. The van der Waals surface area contributed by atoms with Gasteiger partial charge in [-0.2, -0.15) is 5.26 Å². The number of fused-ring (bicyclic) bond motifs is 12. The number of hydrogen-bond acceptors (Lipinski definition) is 2. The Hall–Kier alpha value is -6.24. The first kappa shape index (κ1) is 27.8. The lowest BCUT2D eigenvalue weighted by atomic mass is 9.55. The number of nitrogens with zero attached hydrogens (tertiary/aromatic N) is 3. The predicted molar refractivity (Wildman–Crippen MR) is 198 cm³/mol. The lowest BCUT2D eigenvalue weighted by Crippen LogP contribution is -2.40. The van der Waals surface area contributed by atoms with Crippen LogP contribution in [-0.4, -0.2) is 9.55 Å². The van der Waals surface area contributed by atoms with Crippen molar-refractivity contribution in [3.05, 3.63) is 191 Å². The fourth-order valence-electron chi connectivity index (χ4n) is 9.08. The molecule has 3 heteroatoms. The summed E-state index contributed by atoms with van der Waals surface area (Å²) in [6, 6.07) is 55.1. The average molecular weight is 626 g/mol. The lowest BCUT2D eigenvalue weighted by molar-refractivity contribution is 0.563. The van der Waals surface area contributed by atoms with Crippen molar-refractivity contribution in [2.75, 3.05) is 0 Å². The Labute approximate surface area is 285 Å². The highest BCUT2D eigenvalue weighted by molar-refractivity contribution is 6.12. The van der Waals surface area contributed by atoms with Gasteiger partial charge >= 0.3 is 0 Å². The largest absolute Gasteiger partial charge is 0.309 e. The molecule has 0 bridgehead atoms. The average Bonchev–Trinajstić information content (AvgIpc) is 3.63. The van der Waals surface area contributed by atoms with E-state index in [1.165, 1.54) is 55.3 Å². The molecule has 2 aliphatic rings. The number of nitriles is 1. The van der Waals surface area contributed by atoms with Crippen LogP contribution in [0.3, 0.4) is 0 Å². The minimum atomic E-state index is -0.488. The van der Waals surface area contributed by atoms with E-state index in [4.69, 9.17) is 0 Å². The zero-order valence-corrected chi connectivity index (χ0v) is 27.3. The third-order valence-electron chi connectivity index (χ3n) is 11.1. The summed E-state index contributed by atoms with van der Waals surface area (Å²) in [5.74, 6) is 0. The first-order valence-electron chi connectivity index (χ1n) is 16.9. The van der Waals surface area contributed by atoms with E-state index >= 15 is 0 Å². The van der Waals surface area contributed by atoms with E-state index in [1.54, 1.807) is 6.20 Å². The van der Waals surface area contributed by atoms with E-state index in [1.807, 2.05) is 30.3 Å². The highest BCUT2D eigenvalue weighted by Gasteiger charge is 2.53. The quantitative estimate of drug-likeness (QED) is 0.192. The molecule has 8 aromatic rings. The number of hydrogen-bond donors (Lipinski definition) is 0. The van der Waals surface area contributed by atoms with E-state index < -0.39 is 5.41 Å². The third kappa shape index (κ3) is 3.58. The fourth-order valence-corrected chi connectivity index (χ4v) is 9.08. The minimum absolute atomic E-state index is 0.158. The molecule has 0 unspecified atom stereocenters. The molecule has 49 heavy (non-hydrogen) atoms. The van der Waals surface area contributed by atoms with Gasteiger partial charge in [0, 0.05) is 33.6 Å². The van der Waals surface area contributed by atoms with Crippen molar-refractivity contribution in [3.63, 3.8) is 0 Å². The van der Waals surface area contributed by atoms with Crippen LogP contribution in [0.5, 0.6) is 0 Å². The maximum absolute atomic E-state index is 10.2. The van der Waals surface area contributed by atoms with Gasteiger partial charge in [0.05, 0.1) is 33.8 Å². The molecule has 0 saturated heterocycles. The SMILES string of the molecule is CC1(C)c2ccccc2C2(c3ccccc3-c3cc4c5ccccc5n(-c5cc(C#N)cc(-c6ccccn6)c5)c4cc32)c2ccccc21. The summed E-state index contributed by atoms with van der Waals surface area (Å²) in [5.41, 5.74) is 15.5. The van der Waals surface area contributed by atoms with E-state index in [-0.39, 0.29) is 5.41 Å². The number of pyridine rings is 1. The van der Waals surface area contributed by atoms with Gasteiger partial charge < -0.3 is 4.57 Å². The first-order valence-corrected chi connectivity index (χ1v) is 16.9. The van der Waals surface area contributed by atoms with Gasteiger partial charge in [-0.15, -0.1) is 0 Å². The van der Waals surface area contributed by atoms with Crippen LogP contribution in [0.1, 0.15) is 52.8 Å². The molecule has 2 heterocycles. The third-order valence-corrected chi connectivity index (χ3v) is 11.1. The van der Waals surface area contributed by atoms with Gasteiger partial charge in [-0.05, 0) is 93.0 Å². The van der Waals surface area contributed by atoms with Crippen LogP contribution in [0.2, 0.25) is 0 Å².